The number of anilines is 2. The number of carbonyl (C=O) groups is 1. The van der Waals surface area contributed by atoms with Gasteiger partial charge < -0.3 is 10.2 Å². The van der Waals surface area contributed by atoms with Gasteiger partial charge in [0, 0.05) is 19.8 Å². The number of hydrogen-bond acceptors (Lipinski definition) is 6. The van der Waals surface area contributed by atoms with Crippen molar-refractivity contribution in [2.45, 2.75) is 24.0 Å². The number of halogens is 2. The van der Waals surface area contributed by atoms with Crippen LogP contribution in [0.1, 0.15) is 18.9 Å². The number of thioether (sulfide) groups is 1. The summed E-state index contributed by atoms with van der Waals surface area (Å²) in [6.45, 7) is 0. The third kappa shape index (κ3) is 3.64. The number of rotatable bonds is 6. The fraction of sp³-hybridized carbons (Fsp3) is 0.429. The lowest BCUT2D eigenvalue weighted by Gasteiger charge is -2.15. The third-order valence-corrected chi connectivity index (χ3v) is 4.37. The number of nitrogens with zero attached hydrogens (tertiary/aromatic N) is 5. The Bertz CT molecular complexity index is 738. The predicted octanol–water partition coefficient (Wildman–Crippen LogP) is 2.08. The van der Waals surface area contributed by atoms with E-state index >= 15 is 0 Å². The summed E-state index contributed by atoms with van der Waals surface area (Å²) in [6.07, 6.45) is 2.06. The van der Waals surface area contributed by atoms with Crippen LogP contribution in [-0.4, -0.2) is 46.0 Å². The first-order chi connectivity index (χ1) is 11.5. The number of hydrogen-bond donors (Lipinski definition) is 1. The van der Waals surface area contributed by atoms with E-state index in [0.29, 0.717) is 11.2 Å². The average molecular weight is 354 g/mol. The van der Waals surface area contributed by atoms with Crippen molar-refractivity contribution < 1.29 is 13.6 Å². The summed E-state index contributed by atoms with van der Waals surface area (Å²) in [5, 5.41) is 14.4. The molecular weight excluding hydrogens is 338 g/mol. The lowest BCUT2D eigenvalue weighted by atomic mass is 10.2. The minimum atomic E-state index is -0.736. The van der Waals surface area contributed by atoms with E-state index in [0.717, 1.165) is 25.0 Å². The number of tetrazole rings is 1. The molecule has 10 heteroatoms. The van der Waals surface area contributed by atoms with Gasteiger partial charge in [0.1, 0.15) is 5.69 Å². The molecule has 1 heterocycles. The van der Waals surface area contributed by atoms with Crippen molar-refractivity contribution in [2.24, 2.45) is 0 Å². The summed E-state index contributed by atoms with van der Waals surface area (Å²) in [5.74, 6) is -1.81. The highest BCUT2D eigenvalue weighted by molar-refractivity contribution is 7.99. The zero-order valence-corrected chi connectivity index (χ0v) is 14.0. The quantitative estimate of drug-likeness (QED) is 0.801. The van der Waals surface area contributed by atoms with Crippen LogP contribution in [0.5, 0.6) is 0 Å². The molecule has 1 fully saturated rings. The molecule has 128 valence electrons. The summed E-state index contributed by atoms with van der Waals surface area (Å²) in [6, 6.07) is 2.50. The number of benzene rings is 1. The number of carbonyl (C=O) groups excluding carboxylic acids is 1. The van der Waals surface area contributed by atoms with Gasteiger partial charge in [-0.25, -0.2) is 13.5 Å². The van der Waals surface area contributed by atoms with Gasteiger partial charge in [-0.2, -0.15) is 0 Å². The van der Waals surface area contributed by atoms with Crippen LogP contribution < -0.4 is 10.2 Å². The first-order valence-corrected chi connectivity index (χ1v) is 8.31. The van der Waals surface area contributed by atoms with Crippen LogP contribution in [0.3, 0.4) is 0 Å². The van der Waals surface area contributed by atoms with Gasteiger partial charge in [-0.05, 0) is 35.4 Å². The lowest BCUT2D eigenvalue weighted by Crippen LogP contribution is -2.17. The monoisotopic (exact) mass is 354 g/mol. The molecule has 0 unspecified atom stereocenters. The van der Waals surface area contributed by atoms with Gasteiger partial charge in [0.05, 0.1) is 11.8 Å². The fourth-order valence-corrected chi connectivity index (χ4v) is 2.97. The van der Waals surface area contributed by atoms with Gasteiger partial charge in [0.2, 0.25) is 11.1 Å². The minimum Gasteiger partial charge on any atom is -0.373 e. The fourth-order valence-electron chi connectivity index (χ4n) is 2.22. The highest BCUT2D eigenvalue weighted by atomic mass is 32.2. The molecule has 0 bridgehead atoms. The third-order valence-electron chi connectivity index (χ3n) is 3.44. The van der Waals surface area contributed by atoms with Gasteiger partial charge in [0.15, 0.2) is 11.6 Å². The second kappa shape index (κ2) is 6.71. The maximum Gasteiger partial charge on any atom is 0.234 e. The molecule has 1 N–H and O–H groups in total. The maximum absolute atomic E-state index is 13.9. The number of nitrogens with one attached hydrogen (secondary N) is 1. The van der Waals surface area contributed by atoms with Gasteiger partial charge in [-0.15, -0.1) is 5.10 Å². The smallest absolute Gasteiger partial charge is 0.234 e. The van der Waals surface area contributed by atoms with E-state index in [4.69, 9.17) is 0 Å². The first-order valence-electron chi connectivity index (χ1n) is 7.32. The Balaban J connectivity index is 1.61. The van der Waals surface area contributed by atoms with Gasteiger partial charge in [-0.1, -0.05) is 11.8 Å². The van der Waals surface area contributed by atoms with Crippen molar-refractivity contribution in [3.63, 3.8) is 0 Å². The van der Waals surface area contributed by atoms with Gasteiger partial charge >= 0.3 is 0 Å². The van der Waals surface area contributed by atoms with E-state index in [1.54, 1.807) is 18.8 Å². The number of aromatic nitrogens is 4. The molecule has 2 aromatic rings. The lowest BCUT2D eigenvalue weighted by molar-refractivity contribution is -0.113. The maximum atomic E-state index is 13.9. The molecular formula is C14H16F2N6OS. The van der Waals surface area contributed by atoms with Crippen molar-refractivity contribution in [2.75, 3.05) is 30.1 Å². The highest BCUT2D eigenvalue weighted by Crippen LogP contribution is 2.36. The van der Waals surface area contributed by atoms with Crippen molar-refractivity contribution in [3.05, 3.63) is 23.8 Å². The zero-order chi connectivity index (χ0) is 17.3. The van der Waals surface area contributed by atoms with Crippen LogP contribution in [0, 0.1) is 11.6 Å². The molecule has 0 aliphatic heterocycles. The zero-order valence-electron chi connectivity index (χ0n) is 13.2. The summed E-state index contributed by atoms with van der Waals surface area (Å²) in [5.41, 5.74) is -0.0750. The Morgan fingerprint density at radius 1 is 1.38 bits per heavy atom. The topological polar surface area (TPSA) is 75.9 Å². The van der Waals surface area contributed by atoms with Crippen molar-refractivity contribution in [1.29, 1.82) is 0 Å². The molecule has 0 spiro atoms. The molecule has 0 radical (unpaired) electrons. The number of amides is 1. The van der Waals surface area contributed by atoms with Crippen LogP contribution in [0.15, 0.2) is 17.3 Å². The largest absolute Gasteiger partial charge is 0.373 e. The first kappa shape index (κ1) is 16.6. The molecule has 24 heavy (non-hydrogen) atoms. The van der Waals surface area contributed by atoms with E-state index in [9.17, 15) is 13.6 Å². The van der Waals surface area contributed by atoms with Crippen LogP contribution in [0.25, 0.3) is 0 Å². The van der Waals surface area contributed by atoms with Crippen molar-refractivity contribution in [1.82, 2.24) is 20.2 Å². The molecule has 0 saturated heterocycles. The normalized spacial score (nSPS) is 13.8. The van der Waals surface area contributed by atoms with E-state index in [-0.39, 0.29) is 23.0 Å². The van der Waals surface area contributed by atoms with Crippen LogP contribution in [0.2, 0.25) is 0 Å². The molecule has 0 atom stereocenters. The molecule has 1 aliphatic carbocycles. The van der Waals surface area contributed by atoms with Crippen molar-refractivity contribution in [3.8, 4) is 0 Å². The standard InChI is InChI=1S/C14H16F2N6OS/c1-21(2)13-10(15)5-8(6-11(13)16)17-12(23)7-24-14-18-19-20-22(14)9-3-4-9/h5-6,9H,3-4,7H2,1-2H3,(H,17,23). The van der Waals surface area contributed by atoms with Crippen molar-refractivity contribution >= 4 is 29.0 Å². The highest BCUT2D eigenvalue weighted by Gasteiger charge is 2.28. The molecule has 7 nitrogen and oxygen atoms in total. The van der Waals surface area contributed by atoms with Gasteiger partial charge in [0.25, 0.3) is 0 Å². The molecule has 1 aliphatic rings. The minimum absolute atomic E-state index is 0.0474. The summed E-state index contributed by atoms with van der Waals surface area (Å²) in [4.78, 5) is 13.3. The molecule has 1 aromatic carbocycles. The molecule has 3 rings (SSSR count). The Labute approximate surface area is 141 Å². The summed E-state index contributed by atoms with van der Waals surface area (Å²) >= 11 is 1.18. The van der Waals surface area contributed by atoms with Crippen LogP contribution in [-0.2, 0) is 4.79 Å². The van der Waals surface area contributed by atoms with Crippen LogP contribution >= 0.6 is 11.8 Å². The summed E-state index contributed by atoms with van der Waals surface area (Å²) in [7, 11) is 3.08. The predicted molar refractivity (Wildman–Crippen MR) is 86.1 cm³/mol. The Morgan fingerprint density at radius 2 is 2.04 bits per heavy atom. The molecule has 1 saturated carbocycles. The second-order valence-corrected chi connectivity index (χ2v) is 6.60. The van der Waals surface area contributed by atoms with E-state index in [1.807, 2.05) is 0 Å². The molecule has 1 amide bonds. The van der Waals surface area contributed by atoms with E-state index in [2.05, 4.69) is 20.8 Å². The SMILES string of the molecule is CN(C)c1c(F)cc(NC(=O)CSc2nnnn2C2CC2)cc1F. The summed E-state index contributed by atoms with van der Waals surface area (Å²) < 4.78 is 29.5. The van der Waals surface area contributed by atoms with E-state index < -0.39 is 11.6 Å². The second-order valence-electron chi connectivity index (χ2n) is 5.66. The Hall–Kier alpha value is -2.23. The molecule has 1 aromatic heterocycles. The van der Waals surface area contributed by atoms with Gasteiger partial charge in [-0.3, -0.25) is 4.79 Å². The van der Waals surface area contributed by atoms with E-state index in [1.165, 1.54) is 16.7 Å². The Kier molecular flexibility index (Phi) is 4.65. The Morgan fingerprint density at radius 3 is 2.62 bits per heavy atom. The van der Waals surface area contributed by atoms with Crippen LogP contribution in [0.4, 0.5) is 20.2 Å². The average Bonchev–Trinajstić information content (AvgIpc) is 3.22.